The van der Waals surface area contributed by atoms with E-state index < -0.39 is 0 Å². The molecule has 0 aliphatic rings. The van der Waals surface area contributed by atoms with Gasteiger partial charge in [0.2, 0.25) is 0 Å². The van der Waals surface area contributed by atoms with Crippen LogP contribution in [0.4, 0.5) is 11.5 Å². The fourth-order valence-corrected chi connectivity index (χ4v) is 3.22. The van der Waals surface area contributed by atoms with Gasteiger partial charge in [-0.1, -0.05) is 18.2 Å². The average molecular weight is 346 g/mol. The van der Waals surface area contributed by atoms with Crippen LogP contribution in [0.15, 0.2) is 30.3 Å². The van der Waals surface area contributed by atoms with Crippen molar-refractivity contribution in [3.63, 3.8) is 0 Å². The summed E-state index contributed by atoms with van der Waals surface area (Å²) in [6.45, 7) is 15.3. The Balaban J connectivity index is 2.06. The van der Waals surface area contributed by atoms with Crippen LogP contribution >= 0.6 is 0 Å². The number of fused-ring (bicyclic) bond motifs is 1. The third-order valence-electron chi connectivity index (χ3n) is 4.61. The van der Waals surface area contributed by atoms with Crippen LogP contribution < -0.4 is 10.1 Å². The highest BCUT2D eigenvalue weighted by Gasteiger charge is 2.15. The van der Waals surface area contributed by atoms with E-state index in [2.05, 4.69) is 27.1 Å². The number of nitrogens with one attached hydrogen (secondary N) is 1. The molecule has 1 aromatic heterocycles. The van der Waals surface area contributed by atoms with Crippen molar-refractivity contribution in [3.05, 3.63) is 64.3 Å². The van der Waals surface area contributed by atoms with Crippen molar-refractivity contribution in [2.75, 3.05) is 12.4 Å². The summed E-state index contributed by atoms with van der Waals surface area (Å²) in [5, 5.41) is 4.46. The molecule has 0 bridgehead atoms. The summed E-state index contributed by atoms with van der Waals surface area (Å²) in [4.78, 5) is 12.7. The Kier molecular flexibility index (Phi) is 4.77. The normalized spacial score (nSPS) is 11.8. The van der Waals surface area contributed by atoms with Gasteiger partial charge in [0, 0.05) is 17.5 Å². The summed E-state index contributed by atoms with van der Waals surface area (Å²) in [5.41, 5.74) is 4.65. The molecule has 1 heterocycles. The summed E-state index contributed by atoms with van der Waals surface area (Å²) in [6, 6.07) is 9.82. The monoisotopic (exact) mass is 346 g/mol. The van der Waals surface area contributed by atoms with Gasteiger partial charge in [-0.05, 0) is 50.5 Å². The van der Waals surface area contributed by atoms with E-state index in [1.54, 1.807) is 7.11 Å². The number of methoxy groups -OCH3 is 1. The molecule has 5 heteroatoms. The first kappa shape index (κ1) is 17.7. The van der Waals surface area contributed by atoms with Gasteiger partial charge in [-0.2, -0.15) is 0 Å². The van der Waals surface area contributed by atoms with E-state index >= 15 is 0 Å². The van der Waals surface area contributed by atoms with Gasteiger partial charge in [0.1, 0.15) is 17.4 Å². The average Bonchev–Trinajstić information content (AvgIpc) is 2.61. The Bertz CT molecular complexity index is 1020. The number of ether oxygens (including phenoxy) is 1. The van der Waals surface area contributed by atoms with E-state index in [0.717, 1.165) is 39.2 Å². The lowest BCUT2D eigenvalue weighted by molar-refractivity contribution is 0.412. The fraction of sp³-hybridized carbons (Fsp3) is 0.286. The highest BCUT2D eigenvalue weighted by Crippen LogP contribution is 2.32. The van der Waals surface area contributed by atoms with Crippen molar-refractivity contribution in [3.8, 4) is 5.75 Å². The lowest BCUT2D eigenvalue weighted by atomic mass is 10.0. The largest absolute Gasteiger partial charge is 0.496 e. The van der Waals surface area contributed by atoms with Gasteiger partial charge in [0.15, 0.2) is 5.69 Å². The molecule has 5 nitrogen and oxygen atoms in total. The number of hydrogen-bond donors (Lipinski definition) is 1. The van der Waals surface area contributed by atoms with Crippen LogP contribution in [0.5, 0.6) is 5.75 Å². The maximum absolute atomic E-state index is 7.31. The van der Waals surface area contributed by atoms with E-state index in [-0.39, 0.29) is 6.04 Å². The number of aryl methyl sites for hydroxylation is 2. The SMILES string of the molecule is [C-]#[N+]c1cccc([C@@H](C)Nc2nc(C)nc3cc(OC)c(C)cc23)c1C. The smallest absolute Gasteiger partial charge is 0.190 e. The molecule has 0 aliphatic carbocycles. The zero-order valence-corrected chi connectivity index (χ0v) is 15.7. The van der Waals surface area contributed by atoms with Crippen molar-refractivity contribution in [2.45, 2.75) is 33.7 Å². The molecule has 0 fully saturated rings. The zero-order chi connectivity index (χ0) is 18.8. The van der Waals surface area contributed by atoms with E-state index in [4.69, 9.17) is 11.3 Å². The highest BCUT2D eigenvalue weighted by molar-refractivity contribution is 5.91. The number of rotatable bonds is 4. The van der Waals surface area contributed by atoms with Gasteiger partial charge in [-0.3, -0.25) is 0 Å². The molecule has 3 rings (SSSR count). The quantitative estimate of drug-likeness (QED) is 0.652. The Labute approximate surface area is 153 Å². The van der Waals surface area contributed by atoms with E-state index in [1.807, 2.05) is 51.1 Å². The first-order valence-corrected chi connectivity index (χ1v) is 8.51. The maximum Gasteiger partial charge on any atom is 0.190 e. The van der Waals surface area contributed by atoms with Crippen molar-refractivity contribution in [2.24, 2.45) is 0 Å². The molecule has 0 saturated heterocycles. The van der Waals surface area contributed by atoms with E-state index in [0.29, 0.717) is 11.5 Å². The van der Waals surface area contributed by atoms with Crippen molar-refractivity contribution in [1.29, 1.82) is 0 Å². The lowest BCUT2D eigenvalue weighted by Crippen LogP contribution is -2.11. The summed E-state index contributed by atoms with van der Waals surface area (Å²) in [6.07, 6.45) is 0. The van der Waals surface area contributed by atoms with E-state index in [1.165, 1.54) is 0 Å². The lowest BCUT2D eigenvalue weighted by Gasteiger charge is -2.20. The molecular weight excluding hydrogens is 324 g/mol. The van der Waals surface area contributed by atoms with Crippen LogP contribution in [0.3, 0.4) is 0 Å². The number of aromatic nitrogens is 2. The van der Waals surface area contributed by atoms with Crippen molar-refractivity contribution < 1.29 is 4.74 Å². The molecule has 132 valence electrons. The van der Waals surface area contributed by atoms with Gasteiger partial charge >= 0.3 is 0 Å². The summed E-state index contributed by atoms with van der Waals surface area (Å²) in [5.74, 6) is 2.30. The second-order valence-electron chi connectivity index (χ2n) is 6.43. The van der Waals surface area contributed by atoms with Gasteiger partial charge in [-0.25, -0.2) is 14.8 Å². The predicted octanol–water partition coefficient (Wildman–Crippen LogP) is 5.29. The first-order chi connectivity index (χ1) is 12.4. The molecule has 0 spiro atoms. The van der Waals surface area contributed by atoms with Crippen LogP contribution in [0.2, 0.25) is 0 Å². The molecule has 1 atom stereocenters. The van der Waals surface area contributed by atoms with E-state index in [9.17, 15) is 0 Å². The minimum absolute atomic E-state index is 0.0107. The molecule has 0 aliphatic heterocycles. The summed E-state index contributed by atoms with van der Waals surface area (Å²) >= 11 is 0. The van der Waals surface area contributed by atoms with Crippen LogP contribution in [0.25, 0.3) is 15.7 Å². The Hall–Kier alpha value is -3.13. The Morgan fingerprint density at radius 1 is 1.15 bits per heavy atom. The standard InChI is InChI=1S/C21H22N4O/c1-12-10-17-19(11-20(12)26-6)24-15(4)25-21(17)23-14(3)16-8-7-9-18(22-5)13(16)2/h7-11,14H,1-4,6H3,(H,23,24,25)/t14-/m1/s1. The second kappa shape index (κ2) is 7.01. The summed E-state index contributed by atoms with van der Waals surface area (Å²) in [7, 11) is 1.66. The first-order valence-electron chi connectivity index (χ1n) is 8.51. The van der Waals surface area contributed by atoms with Gasteiger partial charge in [-0.15, -0.1) is 0 Å². The molecular formula is C21H22N4O. The number of benzene rings is 2. The molecule has 0 saturated carbocycles. The zero-order valence-electron chi connectivity index (χ0n) is 15.7. The van der Waals surface area contributed by atoms with Gasteiger partial charge in [0.25, 0.3) is 0 Å². The number of nitrogens with zero attached hydrogens (tertiary/aromatic N) is 3. The Morgan fingerprint density at radius 2 is 1.92 bits per heavy atom. The molecule has 0 unspecified atom stereocenters. The molecule has 3 aromatic rings. The van der Waals surface area contributed by atoms with Crippen molar-refractivity contribution in [1.82, 2.24) is 9.97 Å². The van der Waals surface area contributed by atoms with Crippen LogP contribution in [0, 0.1) is 27.3 Å². The molecule has 2 aromatic carbocycles. The fourth-order valence-electron chi connectivity index (χ4n) is 3.22. The molecule has 0 radical (unpaired) electrons. The highest BCUT2D eigenvalue weighted by atomic mass is 16.5. The predicted molar refractivity (Wildman–Crippen MR) is 105 cm³/mol. The summed E-state index contributed by atoms with van der Waals surface area (Å²) < 4.78 is 5.42. The minimum Gasteiger partial charge on any atom is -0.496 e. The number of anilines is 1. The third kappa shape index (κ3) is 3.18. The van der Waals surface area contributed by atoms with Crippen LogP contribution in [0.1, 0.15) is 35.5 Å². The van der Waals surface area contributed by atoms with Crippen LogP contribution in [-0.2, 0) is 0 Å². The molecule has 1 N–H and O–H groups in total. The van der Waals surface area contributed by atoms with Gasteiger partial charge in [0.05, 0.1) is 19.2 Å². The second-order valence-corrected chi connectivity index (χ2v) is 6.43. The maximum atomic E-state index is 7.31. The van der Waals surface area contributed by atoms with Crippen LogP contribution in [-0.4, -0.2) is 17.1 Å². The molecule has 26 heavy (non-hydrogen) atoms. The Morgan fingerprint density at radius 3 is 2.62 bits per heavy atom. The topological polar surface area (TPSA) is 51.4 Å². The molecule has 0 amide bonds. The number of hydrogen-bond acceptors (Lipinski definition) is 4. The van der Waals surface area contributed by atoms with Crippen molar-refractivity contribution >= 4 is 22.4 Å². The van der Waals surface area contributed by atoms with Gasteiger partial charge < -0.3 is 10.1 Å². The minimum atomic E-state index is 0.0107. The third-order valence-corrected chi connectivity index (χ3v) is 4.61.